The molecule has 0 aromatic rings. The lowest BCUT2D eigenvalue weighted by Crippen LogP contribution is -2.23. The molecule has 80 valence electrons. The number of carbonyl (C=O) groups is 1. The summed E-state index contributed by atoms with van der Waals surface area (Å²) in [6.07, 6.45) is 3.89. The highest BCUT2D eigenvalue weighted by molar-refractivity contribution is 7.99. The van der Waals surface area contributed by atoms with E-state index in [9.17, 15) is 4.79 Å². The summed E-state index contributed by atoms with van der Waals surface area (Å²) in [7, 11) is 0. The van der Waals surface area contributed by atoms with Crippen molar-refractivity contribution in [3.05, 3.63) is 25.3 Å². The van der Waals surface area contributed by atoms with Crippen molar-refractivity contribution < 1.29 is 9.90 Å². The predicted molar refractivity (Wildman–Crippen MR) is 61.5 cm³/mol. The van der Waals surface area contributed by atoms with Crippen LogP contribution in [0.4, 0.5) is 0 Å². The maximum atomic E-state index is 10.2. The Morgan fingerprint density at radius 3 is 2.36 bits per heavy atom. The third-order valence-electron chi connectivity index (χ3n) is 1.51. The summed E-state index contributed by atoms with van der Waals surface area (Å²) in [5.74, 6) is 0.738. The summed E-state index contributed by atoms with van der Waals surface area (Å²) in [5.41, 5.74) is 0. The lowest BCUT2D eigenvalue weighted by atomic mass is 10.5. The number of hydrogen-bond acceptors (Lipinski definition) is 3. The second kappa shape index (κ2) is 8.84. The zero-order chi connectivity index (χ0) is 10.8. The molecule has 0 heterocycles. The number of carboxylic acids is 1. The van der Waals surface area contributed by atoms with Gasteiger partial charge in [0, 0.05) is 24.7 Å². The number of thioether (sulfide) groups is 1. The van der Waals surface area contributed by atoms with Crippen LogP contribution in [0.15, 0.2) is 25.3 Å². The van der Waals surface area contributed by atoms with Crippen molar-refractivity contribution in [1.29, 1.82) is 0 Å². The Labute approximate surface area is 89.5 Å². The van der Waals surface area contributed by atoms with E-state index in [0.29, 0.717) is 5.75 Å². The average molecular weight is 215 g/mol. The van der Waals surface area contributed by atoms with Gasteiger partial charge in [-0.05, 0) is 0 Å². The lowest BCUT2D eigenvalue weighted by Gasteiger charge is -2.17. The molecule has 0 unspecified atom stereocenters. The second-order valence-electron chi connectivity index (χ2n) is 2.79. The van der Waals surface area contributed by atoms with Crippen molar-refractivity contribution in [1.82, 2.24) is 4.90 Å². The van der Waals surface area contributed by atoms with Crippen LogP contribution in [0.5, 0.6) is 0 Å². The molecule has 0 aromatic carbocycles. The van der Waals surface area contributed by atoms with Gasteiger partial charge in [-0.3, -0.25) is 9.69 Å². The average Bonchev–Trinajstić information content (AvgIpc) is 2.12. The van der Waals surface area contributed by atoms with Gasteiger partial charge in [0.25, 0.3) is 0 Å². The van der Waals surface area contributed by atoms with Crippen LogP contribution in [0.1, 0.15) is 6.42 Å². The highest BCUT2D eigenvalue weighted by Gasteiger charge is 2.01. The van der Waals surface area contributed by atoms with E-state index in [1.807, 2.05) is 12.2 Å². The van der Waals surface area contributed by atoms with E-state index in [1.54, 1.807) is 11.8 Å². The maximum Gasteiger partial charge on any atom is 0.304 e. The number of carboxylic acid groups (broad SMARTS) is 1. The molecule has 3 nitrogen and oxygen atoms in total. The molecule has 4 heteroatoms. The first kappa shape index (κ1) is 13.3. The summed E-state index contributed by atoms with van der Waals surface area (Å²) in [4.78, 5) is 12.4. The van der Waals surface area contributed by atoms with E-state index in [-0.39, 0.29) is 6.42 Å². The normalized spacial score (nSPS) is 10.1. The largest absolute Gasteiger partial charge is 0.481 e. The van der Waals surface area contributed by atoms with E-state index in [2.05, 4.69) is 18.1 Å². The van der Waals surface area contributed by atoms with E-state index in [1.165, 1.54) is 0 Å². The summed E-state index contributed by atoms with van der Waals surface area (Å²) in [6.45, 7) is 8.94. The molecule has 0 aliphatic heterocycles. The van der Waals surface area contributed by atoms with Gasteiger partial charge in [0.1, 0.15) is 0 Å². The zero-order valence-corrected chi connectivity index (χ0v) is 9.13. The molecule has 0 fully saturated rings. The fraction of sp³-hybridized carbons (Fsp3) is 0.500. The highest BCUT2D eigenvalue weighted by Crippen LogP contribution is 2.05. The van der Waals surface area contributed by atoms with Crippen molar-refractivity contribution >= 4 is 17.7 Å². The third-order valence-corrected chi connectivity index (χ3v) is 2.55. The molecule has 0 saturated heterocycles. The van der Waals surface area contributed by atoms with Gasteiger partial charge in [-0.2, -0.15) is 0 Å². The minimum atomic E-state index is -0.739. The third kappa shape index (κ3) is 7.89. The first-order chi connectivity index (χ1) is 6.70. The number of hydrogen-bond donors (Lipinski definition) is 1. The van der Waals surface area contributed by atoms with Gasteiger partial charge in [0.05, 0.1) is 6.42 Å². The van der Waals surface area contributed by atoms with E-state index in [0.717, 1.165) is 19.0 Å². The summed E-state index contributed by atoms with van der Waals surface area (Å²) in [6, 6.07) is 0. The molecular formula is C10H17NO2S. The Balaban J connectivity index is 3.53. The SMILES string of the molecule is C=CCN(CC=C)CSCCC(=O)O. The Kier molecular flexibility index (Phi) is 8.37. The first-order valence-corrected chi connectivity index (χ1v) is 5.60. The first-order valence-electron chi connectivity index (χ1n) is 4.44. The van der Waals surface area contributed by atoms with Crippen molar-refractivity contribution in [2.75, 3.05) is 24.7 Å². The summed E-state index contributed by atoms with van der Waals surface area (Å²) < 4.78 is 0. The Bertz CT molecular complexity index is 185. The molecule has 0 saturated carbocycles. The smallest absolute Gasteiger partial charge is 0.304 e. The van der Waals surface area contributed by atoms with E-state index in [4.69, 9.17) is 5.11 Å². The summed E-state index contributed by atoms with van der Waals surface area (Å²) in [5, 5.41) is 8.43. The molecule has 0 rings (SSSR count). The van der Waals surface area contributed by atoms with E-state index >= 15 is 0 Å². The molecule has 0 amide bonds. The molecule has 0 aromatic heterocycles. The Morgan fingerprint density at radius 1 is 1.36 bits per heavy atom. The molecule has 0 spiro atoms. The molecular weight excluding hydrogens is 198 g/mol. The van der Waals surface area contributed by atoms with Crippen LogP contribution in [0.2, 0.25) is 0 Å². The quantitative estimate of drug-likeness (QED) is 0.362. The number of nitrogens with zero attached hydrogens (tertiary/aromatic N) is 1. The van der Waals surface area contributed by atoms with Gasteiger partial charge in [0.2, 0.25) is 0 Å². The van der Waals surface area contributed by atoms with Crippen LogP contribution in [0.3, 0.4) is 0 Å². The van der Waals surface area contributed by atoms with Gasteiger partial charge in [-0.15, -0.1) is 24.9 Å². The summed E-state index contributed by atoms with van der Waals surface area (Å²) >= 11 is 1.62. The minimum absolute atomic E-state index is 0.223. The Morgan fingerprint density at radius 2 is 1.93 bits per heavy atom. The van der Waals surface area contributed by atoms with Crippen molar-refractivity contribution in [2.24, 2.45) is 0 Å². The van der Waals surface area contributed by atoms with Gasteiger partial charge < -0.3 is 5.11 Å². The lowest BCUT2D eigenvalue weighted by molar-refractivity contribution is -0.136. The topological polar surface area (TPSA) is 40.5 Å². The molecule has 1 N–H and O–H groups in total. The van der Waals surface area contributed by atoms with Crippen molar-refractivity contribution in [3.63, 3.8) is 0 Å². The predicted octanol–water partition coefficient (Wildman–Crippen LogP) is 1.83. The van der Waals surface area contributed by atoms with E-state index < -0.39 is 5.97 Å². The van der Waals surface area contributed by atoms with Crippen molar-refractivity contribution in [2.45, 2.75) is 6.42 Å². The van der Waals surface area contributed by atoms with Gasteiger partial charge in [-0.25, -0.2) is 0 Å². The highest BCUT2D eigenvalue weighted by atomic mass is 32.2. The molecule has 0 aliphatic carbocycles. The van der Waals surface area contributed by atoms with Crippen LogP contribution in [0, 0.1) is 0 Å². The van der Waals surface area contributed by atoms with Gasteiger partial charge in [-0.1, -0.05) is 12.2 Å². The second-order valence-corrected chi connectivity index (χ2v) is 3.87. The minimum Gasteiger partial charge on any atom is -0.481 e. The fourth-order valence-electron chi connectivity index (χ4n) is 0.898. The monoisotopic (exact) mass is 215 g/mol. The van der Waals surface area contributed by atoms with Crippen LogP contribution < -0.4 is 0 Å². The molecule has 0 bridgehead atoms. The van der Waals surface area contributed by atoms with Gasteiger partial charge in [0.15, 0.2) is 0 Å². The number of aliphatic carboxylic acids is 1. The Hall–Kier alpha value is -0.740. The molecule has 14 heavy (non-hydrogen) atoms. The van der Waals surface area contributed by atoms with Crippen molar-refractivity contribution in [3.8, 4) is 0 Å². The molecule has 0 atom stereocenters. The van der Waals surface area contributed by atoms with Gasteiger partial charge >= 0.3 is 5.97 Å². The standard InChI is InChI=1S/C10H17NO2S/c1-3-6-11(7-4-2)9-14-8-5-10(12)13/h3-4H,1-2,5-9H2,(H,12,13). The maximum absolute atomic E-state index is 10.2. The molecule has 0 radical (unpaired) electrons. The van der Waals surface area contributed by atoms with Crippen LogP contribution in [-0.4, -0.2) is 40.7 Å². The van der Waals surface area contributed by atoms with Crippen LogP contribution in [0.25, 0.3) is 0 Å². The van der Waals surface area contributed by atoms with Crippen LogP contribution in [-0.2, 0) is 4.79 Å². The fourth-order valence-corrected chi connectivity index (χ4v) is 1.82. The molecule has 0 aliphatic rings. The number of rotatable bonds is 9. The van der Waals surface area contributed by atoms with Crippen LogP contribution >= 0.6 is 11.8 Å². The zero-order valence-electron chi connectivity index (χ0n) is 8.32.